The van der Waals surface area contributed by atoms with Crippen molar-refractivity contribution in [1.82, 2.24) is 4.98 Å². The van der Waals surface area contributed by atoms with E-state index in [1.165, 1.54) is 35.6 Å². The zero-order chi connectivity index (χ0) is 23.5. The lowest BCUT2D eigenvalue weighted by molar-refractivity contribution is -0.116. The molecule has 0 unspecified atom stereocenters. The standard InChI is InChI=1S/C22H21ClN2O5S2/c1-4-30-22(27)16-6-5-7-18(12-16)25(32(3,28)29)20(26)13-19-14(2)31-21(24-19)15-8-10-17(23)11-9-15/h5-12H,4,13H2,1-3H3. The summed E-state index contributed by atoms with van der Waals surface area (Å²) in [6.45, 7) is 3.67. The Kier molecular flexibility index (Phi) is 7.33. The molecule has 2 aromatic carbocycles. The molecule has 0 bridgehead atoms. The van der Waals surface area contributed by atoms with Crippen molar-refractivity contribution in [2.24, 2.45) is 0 Å². The van der Waals surface area contributed by atoms with Crippen LogP contribution in [0.3, 0.4) is 0 Å². The maximum absolute atomic E-state index is 13.1. The summed E-state index contributed by atoms with van der Waals surface area (Å²) < 4.78 is 30.6. The Morgan fingerprint density at radius 1 is 1.16 bits per heavy atom. The third-order valence-electron chi connectivity index (χ3n) is 4.45. The topological polar surface area (TPSA) is 93.6 Å². The molecule has 0 aliphatic carbocycles. The number of hydrogen-bond acceptors (Lipinski definition) is 7. The molecular weight excluding hydrogens is 472 g/mol. The van der Waals surface area contributed by atoms with Gasteiger partial charge < -0.3 is 4.74 Å². The zero-order valence-corrected chi connectivity index (χ0v) is 20.1. The monoisotopic (exact) mass is 492 g/mol. The van der Waals surface area contributed by atoms with Crippen LogP contribution in [0.2, 0.25) is 5.02 Å². The Morgan fingerprint density at radius 2 is 1.84 bits per heavy atom. The number of amides is 1. The van der Waals surface area contributed by atoms with Crippen molar-refractivity contribution in [3.8, 4) is 10.6 Å². The van der Waals surface area contributed by atoms with Gasteiger partial charge in [-0.1, -0.05) is 29.8 Å². The van der Waals surface area contributed by atoms with E-state index in [4.69, 9.17) is 16.3 Å². The Hall–Kier alpha value is -2.75. The molecule has 7 nitrogen and oxygen atoms in total. The molecule has 0 atom stereocenters. The SMILES string of the molecule is CCOC(=O)c1cccc(N(C(=O)Cc2nc(-c3ccc(Cl)cc3)sc2C)S(C)(=O)=O)c1. The Balaban J connectivity index is 1.91. The highest BCUT2D eigenvalue weighted by Crippen LogP contribution is 2.30. The van der Waals surface area contributed by atoms with Gasteiger partial charge in [0.05, 0.1) is 36.2 Å². The largest absolute Gasteiger partial charge is 0.462 e. The highest BCUT2D eigenvalue weighted by molar-refractivity contribution is 7.92. The normalized spacial score (nSPS) is 11.2. The van der Waals surface area contributed by atoms with E-state index < -0.39 is 21.9 Å². The number of halogens is 1. The summed E-state index contributed by atoms with van der Waals surface area (Å²) in [5, 5.41) is 1.31. The molecular formula is C22H21ClN2O5S2. The van der Waals surface area contributed by atoms with Gasteiger partial charge in [0.25, 0.3) is 0 Å². The fourth-order valence-electron chi connectivity index (χ4n) is 3.02. The van der Waals surface area contributed by atoms with Gasteiger partial charge in [0.2, 0.25) is 15.9 Å². The molecule has 1 heterocycles. The van der Waals surface area contributed by atoms with Gasteiger partial charge in [-0.25, -0.2) is 22.5 Å². The van der Waals surface area contributed by atoms with E-state index in [2.05, 4.69) is 4.98 Å². The molecule has 168 valence electrons. The van der Waals surface area contributed by atoms with Gasteiger partial charge in [-0.05, 0) is 44.2 Å². The van der Waals surface area contributed by atoms with Gasteiger partial charge in [0.15, 0.2) is 0 Å². The molecule has 0 N–H and O–H groups in total. The summed E-state index contributed by atoms with van der Waals surface area (Å²) in [7, 11) is -3.96. The number of nitrogens with zero attached hydrogens (tertiary/aromatic N) is 2. The lowest BCUT2D eigenvalue weighted by Gasteiger charge is -2.20. The molecule has 3 aromatic rings. The van der Waals surface area contributed by atoms with Crippen LogP contribution in [0.4, 0.5) is 5.69 Å². The van der Waals surface area contributed by atoms with Crippen LogP contribution >= 0.6 is 22.9 Å². The van der Waals surface area contributed by atoms with Crippen LogP contribution in [0, 0.1) is 6.92 Å². The predicted molar refractivity (Wildman–Crippen MR) is 126 cm³/mol. The highest BCUT2D eigenvalue weighted by Gasteiger charge is 2.27. The first kappa shape index (κ1) is 23.9. The number of rotatable bonds is 7. The summed E-state index contributed by atoms with van der Waals surface area (Å²) in [6, 6.07) is 12.9. The van der Waals surface area contributed by atoms with Crippen molar-refractivity contribution in [3.05, 3.63) is 69.7 Å². The van der Waals surface area contributed by atoms with Crippen molar-refractivity contribution in [2.45, 2.75) is 20.3 Å². The first-order valence-corrected chi connectivity index (χ1v) is 12.7. The van der Waals surface area contributed by atoms with Gasteiger partial charge >= 0.3 is 5.97 Å². The molecule has 32 heavy (non-hydrogen) atoms. The van der Waals surface area contributed by atoms with E-state index in [0.29, 0.717) is 20.0 Å². The summed E-state index contributed by atoms with van der Waals surface area (Å²) in [5.74, 6) is -1.28. The molecule has 0 aliphatic heterocycles. The van der Waals surface area contributed by atoms with E-state index >= 15 is 0 Å². The highest BCUT2D eigenvalue weighted by atomic mass is 35.5. The number of thiazole rings is 1. The average molecular weight is 493 g/mol. The number of benzene rings is 2. The summed E-state index contributed by atoms with van der Waals surface area (Å²) in [4.78, 5) is 30.5. The van der Waals surface area contributed by atoms with Crippen LogP contribution in [0.15, 0.2) is 48.5 Å². The lowest BCUT2D eigenvalue weighted by atomic mass is 10.2. The maximum atomic E-state index is 13.1. The van der Waals surface area contributed by atoms with Crippen LogP contribution in [0.25, 0.3) is 10.6 Å². The summed E-state index contributed by atoms with van der Waals surface area (Å²) in [5.41, 5.74) is 1.55. The molecule has 0 aliphatic rings. The number of esters is 1. The molecule has 3 rings (SSSR count). The average Bonchev–Trinajstić information content (AvgIpc) is 3.08. The number of aryl methyl sites for hydroxylation is 1. The second-order valence-corrected chi connectivity index (χ2v) is 10.4. The number of ether oxygens (including phenoxy) is 1. The summed E-state index contributed by atoms with van der Waals surface area (Å²) >= 11 is 7.34. The number of carbonyl (C=O) groups is 2. The van der Waals surface area contributed by atoms with Crippen LogP contribution in [0.5, 0.6) is 0 Å². The first-order valence-electron chi connectivity index (χ1n) is 9.62. The summed E-state index contributed by atoms with van der Waals surface area (Å²) in [6.07, 6.45) is 0.724. The number of sulfonamides is 1. The molecule has 0 spiro atoms. The smallest absolute Gasteiger partial charge is 0.338 e. The molecule has 0 saturated heterocycles. The molecule has 0 fully saturated rings. The molecule has 0 saturated carbocycles. The molecule has 1 amide bonds. The van der Waals surface area contributed by atoms with Crippen molar-refractivity contribution >= 4 is 50.5 Å². The van der Waals surface area contributed by atoms with E-state index in [1.54, 1.807) is 19.1 Å². The predicted octanol–water partition coefficient (Wildman–Crippen LogP) is 4.48. The Bertz CT molecular complexity index is 1250. The van der Waals surface area contributed by atoms with Crippen LogP contribution in [-0.4, -0.2) is 38.1 Å². The minimum Gasteiger partial charge on any atom is -0.462 e. The van der Waals surface area contributed by atoms with Crippen molar-refractivity contribution in [1.29, 1.82) is 0 Å². The fraction of sp³-hybridized carbons (Fsp3) is 0.227. The Morgan fingerprint density at radius 3 is 2.47 bits per heavy atom. The van der Waals surface area contributed by atoms with E-state index in [-0.39, 0.29) is 24.3 Å². The maximum Gasteiger partial charge on any atom is 0.338 e. The molecule has 1 aromatic heterocycles. The molecule has 0 radical (unpaired) electrons. The van der Waals surface area contributed by atoms with Gasteiger partial charge in [-0.15, -0.1) is 11.3 Å². The second-order valence-electron chi connectivity index (χ2n) is 6.90. The van der Waals surface area contributed by atoms with Crippen LogP contribution in [0.1, 0.15) is 27.9 Å². The second kappa shape index (κ2) is 9.81. The third kappa shape index (κ3) is 5.53. The van der Waals surface area contributed by atoms with Crippen molar-refractivity contribution < 1.29 is 22.7 Å². The zero-order valence-electron chi connectivity index (χ0n) is 17.7. The van der Waals surface area contributed by atoms with E-state index in [9.17, 15) is 18.0 Å². The fourth-order valence-corrected chi connectivity index (χ4v) is 5.01. The molecule has 10 heteroatoms. The van der Waals surface area contributed by atoms with Gasteiger partial charge in [0.1, 0.15) is 5.01 Å². The number of anilines is 1. The van der Waals surface area contributed by atoms with Gasteiger partial charge in [0, 0.05) is 15.5 Å². The minimum absolute atomic E-state index is 0.0638. The van der Waals surface area contributed by atoms with Crippen molar-refractivity contribution in [2.75, 3.05) is 17.2 Å². The van der Waals surface area contributed by atoms with Gasteiger partial charge in [-0.2, -0.15) is 0 Å². The van der Waals surface area contributed by atoms with Gasteiger partial charge in [-0.3, -0.25) is 4.79 Å². The first-order chi connectivity index (χ1) is 15.1. The lowest BCUT2D eigenvalue weighted by Crippen LogP contribution is -2.37. The Labute approximate surface area is 195 Å². The van der Waals surface area contributed by atoms with Crippen LogP contribution < -0.4 is 4.31 Å². The minimum atomic E-state index is -3.96. The van der Waals surface area contributed by atoms with E-state index in [0.717, 1.165) is 16.7 Å². The number of carbonyl (C=O) groups excluding carboxylic acids is 2. The third-order valence-corrected chi connectivity index (χ3v) is 6.84. The number of aromatic nitrogens is 1. The van der Waals surface area contributed by atoms with Crippen LogP contribution in [-0.2, 0) is 26.0 Å². The quantitative estimate of drug-likeness (QED) is 0.451. The van der Waals surface area contributed by atoms with E-state index in [1.807, 2.05) is 19.1 Å². The van der Waals surface area contributed by atoms with Crippen molar-refractivity contribution in [3.63, 3.8) is 0 Å². The number of hydrogen-bond donors (Lipinski definition) is 0.